The van der Waals surface area contributed by atoms with E-state index in [4.69, 9.17) is 14.2 Å². The molecule has 0 saturated heterocycles. The second-order valence-corrected chi connectivity index (χ2v) is 17.4. The van der Waals surface area contributed by atoms with Crippen molar-refractivity contribution >= 4 is 11.9 Å². The van der Waals surface area contributed by atoms with Crippen LogP contribution in [0.5, 0.6) is 0 Å². The first-order valence-corrected chi connectivity index (χ1v) is 27.1. The smallest absolute Gasteiger partial charge is 0.306 e. The summed E-state index contributed by atoms with van der Waals surface area (Å²) in [5, 5.41) is 0. The van der Waals surface area contributed by atoms with Crippen molar-refractivity contribution in [3.8, 4) is 0 Å². The lowest BCUT2D eigenvalue weighted by atomic mass is 10.1. The summed E-state index contributed by atoms with van der Waals surface area (Å²) in [7, 11) is 0. The van der Waals surface area contributed by atoms with E-state index in [-0.39, 0.29) is 25.2 Å². The van der Waals surface area contributed by atoms with Gasteiger partial charge in [-0.3, -0.25) is 9.59 Å². The molecule has 0 bridgehead atoms. The minimum Gasteiger partial charge on any atom is -0.462 e. The number of carbonyl (C=O) groups is 2. The van der Waals surface area contributed by atoms with Gasteiger partial charge in [0.25, 0.3) is 0 Å². The van der Waals surface area contributed by atoms with Crippen molar-refractivity contribution < 1.29 is 23.8 Å². The zero-order valence-corrected chi connectivity index (χ0v) is 42.9. The van der Waals surface area contributed by atoms with E-state index >= 15 is 0 Å². The topological polar surface area (TPSA) is 61.8 Å². The molecule has 5 heteroatoms. The predicted octanol–water partition coefficient (Wildman–Crippen LogP) is 18.6. The van der Waals surface area contributed by atoms with Crippen LogP contribution in [0.25, 0.3) is 0 Å². The molecule has 0 aromatic rings. The number of carbonyl (C=O) groups excluding carboxylic acids is 2. The minimum absolute atomic E-state index is 0.0374. The highest BCUT2D eigenvalue weighted by atomic mass is 16.6. The van der Waals surface area contributed by atoms with Crippen molar-refractivity contribution in [1.29, 1.82) is 0 Å². The van der Waals surface area contributed by atoms with Crippen molar-refractivity contribution in [2.45, 2.75) is 232 Å². The van der Waals surface area contributed by atoms with E-state index in [0.717, 1.165) is 116 Å². The lowest BCUT2D eigenvalue weighted by Gasteiger charge is -2.18. The zero-order valence-electron chi connectivity index (χ0n) is 42.9. The summed E-state index contributed by atoms with van der Waals surface area (Å²) in [5.41, 5.74) is 0. The van der Waals surface area contributed by atoms with E-state index in [2.05, 4.69) is 142 Å². The first-order valence-electron chi connectivity index (χ1n) is 27.1. The predicted molar refractivity (Wildman–Crippen MR) is 288 cm³/mol. The molecule has 0 spiro atoms. The van der Waals surface area contributed by atoms with Crippen LogP contribution in [0.15, 0.2) is 122 Å². The van der Waals surface area contributed by atoms with Crippen LogP contribution in [-0.4, -0.2) is 37.9 Å². The third-order valence-corrected chi connectivity index (χ3v) is 11.0. The Labute approximate surface area is 407 Å². The van der Waals surface area contributed by atoms with Gasteiger partial charge in [0, 0.05) is 19.4 Å². The molecule has 0 aliphatic rings. The lowest BCUT2D eigenvalue weighted by molar-refractivity contribution is -0.163. The summed E-state index contributed by atoms with van der Waals surface area (Å²) in [6, 6.07) is 0. The van der Waals surface area contributed by atoms with Crippen LogP contribution >= 0.6 is 0 Å². The quantitative estimate of drug-likeness (QED) is 0.0346. The molecule has 0 saturated carbocycles. The fraction of sp³-hybridized carbons (Fsp3) is 0.639. The van der Waals surface area contributed by atoms with Crippen LogP contribution in [0, 0.1) is 0 Å². The SMILES string of the molecule is CC/C=C\C/C=C\C/C=C\C/C=C\C/C=C\CCCCCC(=O)OCC(COCCC/C=C\C/C=C\C/C=C\C/C=C\CC)OC(=O)CCCCCCCCC/C=C\CCCCCCCC. The Kier molecular flexibility index (Phi) is 52.5. The van der Waals surface area contributed by atoms with E-state index in [1.807, 2.05) is 0 Å². The molecule has 5 nitrogen and oxygen atoms in total. The maximum atomic E-state index is 12.8. The molecule has 0 radical (unpaired) electrons. The van der Waals surface area contributed by atoms with Gasteiger partial charge in [0.2, 0.25) is 0 Å². The van der Waals surface area contributed by atoms with E-state index in [1.54, 1.807) is 0 Å². The van der Waals surface area contributed by atoms with Gasteiger partial charge in [-0.1, -0.05) is 213 Å². The van der Waals surface area contributed by atoms with Crippen LogP contribution in [0.4, 0.5) is 0 Å². The van der Waals surface area contributed by atoms with Gasteiger partial charge >= 0.3 is 11.9 Å². The molecule has 0 heterocycles. The first-order chi connectivity index (χ1) is 32.6. The molecule has 0 N–H and O–H groups in total. The molecule has 0 amide bonds. The summed E-state index contributed by atoms with van der Waals surface area (Å²) in [6.07, 6.45) is 77.9. The normalized spacial score (nSPS) is 13.2. The largest absolute Gasteiger partial charge is 0.462 e. The minimum atomic E-state index is -0.589. The van der Waals surface area contributed by atoms with Crippen LogP contribution in [-0.2, 0) is 23.8 Å². The number of rotatable bonds is 48. The number of esters is 2. The number of unbranched alkanes of at least 4 members (excludes halogenated alkanes) is 17. The highest BCUT2D eigenvalue weighted by molar-refractivity contribution is 5.70. The van der Waals surface area contributed by atoms with E-state index in [0.29, 0.717) is 19.4 Å². The van der Waals surface area contributed by atoms with Crippen LogP contribution in [0.3, 0.4) is 0 Å². The summed E-state index contributed by atoms with van der Waals surface area (Å²) < 4.78 is 17.3. The average Bonchev–Trinajstić information content (AvgIpc) is 3.32. The molecular formula is C61H100O5. The van der Waals surface area contributed by atoms with E-state index < -0.39 is 6.10 Å². The second-order valence-electron chi connectivity index (χ2n) is 17.4. The van der Waals surface area contributed by atoms with Crippen molar-refractivity contribution in [3.63, 3.8) is 0 Å². The molecule has 1 unspecified atom stereocenters. The van der Waals surface area contributed by atoms with Crippen molar-refractivity contribution in [3.05, 3.63) is 122 Å². The Morgan fingerprint density at radius 1 is 0.348 bits per heavy atom. The standard InChI is InChI=1S/C61H100O5/c1-4-7-10-13-16-19-22-25-28-30-31-33-34-36-39-42-45-48-51-54-60(62)65-58-59(57-64-56-53-50-47-44-41-38-27-24-21-18-15-12-9-6-3)66-61(63)55-52-49-46-43-40-37-35-32-29-26-23-20-17-14-11-8-5-2/h7,9-10,12,16,18-19,21,25-29,31,33,36,38-39,44,47,59H,4-6,8,11,13-15,17,20,22-24,30,32,34-35,37,40-43,45-46,48-58H2,1-3H3/b10-7-,12-9-,19-16-,21-18-,28-25-,29-26-,33-31-,38-27-,39-36-,47-44-. The maximum absolute atomic E-state index is 12.8. The van der Waals surface area contributed by atoms with E-state index in [1.165, 1.54) is 77.0 Å². The Bertz CT molecular complexity index is 1350. The lowest BCUT2D eigenvalue weighted by Crippen LogP contribution is -2.30. The summed E-state index contributed by atoms with van der Waals surface area (Å²) in [6.45, 7) is 7.41. The Hall–Kier alpha value is -3.70. The highest BCUT2D eigenvalue weighted by Crippen LogP contribution is 2.13. The second kappa shape index (κ2) is 55.6. The molecule has 0 fully saturated rings. The summed E-state index contributed by atoms with van der Waals surface area (Å²) >= 11 is 0. The van der Waals surface area contributed by atoms with Crippen molar-refractivity contribution in [2.24, 2.45) is 0 Å². The van der Waals surface area contributed by atoms with Crippen molar-refractivity contribution in [2.75, 3.05) is 19.8 Å². The van der Waals surface area contributed by atoms with Crippen LogP contribution in [0.1, 0.15) is 226 Å². The fourth-order valence-electron chi connectivity index (χ4n) is 7.01. The molecule has 0 aliphatic heterocycles. The summed E-state index contributed by atoms with van der Waals surface area (Å²) in [4.78, 5) is 25.5. The Balaban J connectivity index is 4.42. The molecule has 66 heavy (non-hydrogen) atoms. The Morgan fingerprint density at radius 2 is 0.682 bits per heavy atom. The van der Waals surface area contributed by atoms with Crippen LogP contribution in [0.2, 0.25) is 0 Å². The molecule has 0 aromatic heterocycles. The van der Waals surface area contributed by atoms with Crippen LogP contribution < -0.4 is 0 Å². The number of ether oxygens (including phenoxy) is 3. The molecule has 1 atom stereocenters. The number of hydrogen-bond acceptors (Lipinski definition) is 5. The Morgan fingerprint density at radius 3 is 1.12 bits per heavy atom. The number of hydrogen-bond donors (Lipinski definition) is 0. The molecule has 0 aliphatic carbocycles. The van der Waals surface area contributed by atoms with Gasteiger partial charge in [-0.05, 0) is 122 Å². The van der Waals surface area contributed by atoms with Gasteiger partial charge in [0.05, 0.1) is 6.61 Å². The molecule has 374 valence electrons. The van der Waals surface area contributed by atoms with E-state index in [9.17, 15) is 9.59 Å². The maximum Gasteiger partial charge on any atom is 0.306 e. The average molecular weight is 913 g/mol. The van der Waals surface area contributed by atoms with Gasteiger partial charge in [-0.15, -0.1) is 0 Å². The van der Waals surface area contributed by atoms with Gasteiger partial charge in [0.1, 0.15) is 6.61 Å². The fourth-order valence-corrected chi connectivity index (χ4v) is 7.01. The first kappa shape index (κ1) is 62.3. The highest BCUT2D eigenvalue weighted by Gasteiger charge is 2.17. The van der Waals surface area contributed by atoms with Gasteiger partial charge in [-0.2, -0.15) is 0 Å². The molecular weight excluding hydrogens is 813 g/mol. The molecule has 0 aromatic carbocycles. The monoisotopic (exact) mass is 913 g/mol. The molecule has 0 rings (SSSR count). The van der Waals surface area contributed by atoms with Gasteiger partial charge < -0.3 is 14.2 Å². The van der Waals surface area contributed by atoms with Gasteiger partial charge in [-0.25, -0.2) is 0 Å². The summed E-state index contributed by atoms with van der Waals surface area (Å²) in [5.74, 6) is -0.475. The third-order valence-electron chi connectivity index (χ3n) is 11.0. The van der Waals surface area contributed by atoms with Gasteiger partial charge in [0.15, 0.2) is 6.10 Å². The number of allylic oxidation sites excluding steroid dienone is 20. The third kappa shape index (κ3) is 52.9. The van der Waals surface area contributed by atoms with Crippen molar-refractivity contribution in [1.82, 2.24) is 0 Å². The zero-order chi connectivity index (χ0) is 47.7.